The van der Waals surface area contributed by atoms with E-state index in [-0.39, 0.29) is 12.4 Å². The molecular weight excluding hydrogens is 233 g/mol. The van der Waals surface area contributed by atoms with Gasteiger partial charge in [-0.15, -0.1) is 5.10 Å². The van der Waals surface area contributed by atoms with Crippen LogP contribution in [0, 0.1) is 5.82 Å². The van der Waals surface area contributed by atoms with Gasteiger partial charge in [-0.3, -0.25) is 0 Å². The van der Waals surface area contributed by atoms with E-state index in [4.69, 9.17) is 16.7 Å². The van der Waals surface area contributed by atoms with Gasteiger partial charge < -0.3 is 5.11 Å². The van der Waals surface area contributed by atoms with Gasteiger partial charge in [-0.25, -0.2) is 9.07 Å². The Morgan fingerprint density at radius 3 is 2.94 bits per heavy atom. The fraction of sp³-hybridized carbons (Fsp3) is 0.200. The topological polar surface area (TPSA) is 50.9 Å². The predicted molar refractivity (Wildman–Crippen MR) is 56.5 cm³/mol. The van der Waals surface area contributed by atoms with E-state index in [0.717, 1.165) is 0 Å². The summed E-state index contributed by atoms with van der Waals surface area (Å²) in [6, 6.07) is 4.14. The van der Waals surface area contributed by atoms with Gasteiger partial charge in [0.1, 0.15) is 11.5 Å². The third-order valence-electron chi connectivity index (χ3n) is 2.09. The van der Waals surface area contributed by atoms with Crippen LogP contribution >= 0.6 is 11.6 Å². The maximum absolute atomic E-state index is 13.0. The molecule has 0 spiro atoms. The van der Waals surface area contributed by atoms with Gasteiger partial charge in [-0.2, -0.15) is 0 Å². The second-order valence-corrected chi connectivity index (χ2v) is 3.71. The monoisotopic (exact) mass is 241 g/mol. The molecule has 0 fully saturated rings. The van der Waals surface area contributed by atoms with E-state index in [1.807, 2.05) is 0 Å². The molecule has 6 heteroatoms. The molecule has 1 N–H and O–H groups in total. The first-order chi connectivity index (χ1) is 7.69. The average molecular weight is 242 g/mol. The molecule has 16 heavy (non-hydrogen) atoms. The molecule has 0 aliphatic rings. The average Bonchev–Trinajstić information content (AvgIpc) is 2.71. The SMILES string of the molecule is OCc1cn(Cc2cc(F)ccc2Cl)nn1. The Labute approximate surface area is 96.3 Å². The second-order valence-electron chi connectivity index (χ2n) is 3.30. The molecule has 1 aromatic heterocycles. The van der Waals surface area contributed by atoms with E-state index < -0.39 is 0 Å². The van der Waals surface area contributed by atoms with Crippen LogP contribution in [0.2, 0.25) is 5.02 Å². The molecule has 0 aliphatic heterocycles. The minimum atomic E-state index is -0.345. The number of nitrogens with zero attached hydrogens (tertiary/aromatic N) is 3. The fourth-order valence-corrected chi connectivity index (χ4v) is 1.50. The van der Waals surface area contributed by atoms with Crippen LogP contribution in [0.15, 0.2) is 24.4 Å². The summed E-state index contributed by atoms with van der Waals surface area (Å²) in [6.45, 7) is 0.153. The Morgan fingerprint density at radius 2 is 2.25 bits per heavy atom. The van der Waals surface area contributed by atoms with Crippen LogP contribution in [0.3, 0.4) is 0 Å². The number of rotatable bonds is 3. The van der Waals surface area contributed by atoms with Gasteiger partial charge in [0.25, 0.3) is 0 Å². The normalized spacial score (nSPS) is 10.7. The second kappa shape index (κ2) is 4.59. The molecule has 0 amide bonds. The van der Waals surface area contributed by atoms with Crippen molar-refractivity contribution >= 4 is 11.6 Å². The van der Waals surface area contributed by atoms with Crippen molar-refractivity contribution in [3.8, 4) is 0 Å². The summed E-state index contributed by atoms with van der Waals surface area (Å²) in [5.41, 5.74) is 1.09. The number of aromatic nitrogens is 3. The molecular formula is C10H9ClFN3O. The van der Waals surface area contributed by atoms with Gasteiger partial charge in [0.2, 0.25) is 0 Å². The zero-order valence-electron chi connectivity index (χ0n) is 8.27. The highest BCUT2D eigenvalue weighted by Gasteiger charge is 2.05. The summed E-state index contributed by atoms with van der Waals surface area (Å²) in [6.07, 6.45) is 1.58. The predicted octanol–water partition coefficient (Wildman–Crippen LogP) is 1.61. The van der Waals surface area contributed by atoms with Crippen molar-refractivity contribution in [2.45, 2.75) is 13.2 Å². The van der Waals surface area contributed by atoms with Crippen LogP contribution < -0.4 is 0 Å². The lowest BCUT2D eigenvalue weighted by atomic mass is 10.2. The van der Waals surface area contributed by atoms with E-state index in [9.17, 15) is 4.39 Å². The quantitative estimate of drug-likeness (QED) is 0.888. The van der Waals surface area contributed by atoms with Gasteiger partial charge >= 0.3 is 0 Å². The first kappa shape index (κ1) is 11.0. The zero-order valence-corrected chi connectivity index (χ0v) is 9.02. The Kier molecular flexibility index (Phi) is 3.17. The third kappa shape index (κ3) is 2.37. The van der Waals surface area contributed by atoms with E-state index in [2.05, 4.69) is 10.3 Å². The first-order valence-electron chi connectivity index (χ1n) is 4.63. The maximum atomic E-state index is 13.0. The summed E-state index contributed by atoms with van der Waals surface area (Å²) < 4.78 is 14.5. The number of benzene rings is 1. The van der Waals surface area contributed by atoms with E-state index in [1.165, 1.54) is 22.9 Å². The lowest BCUT2D eigenvalue weighted by Gasteiger charge is -2.03. The van der Waals surface area contributed by atoms with Gasteiger partial charge in [-0.1, -0.05) is 16.8 Å². The molecule has 2 aromatic rings. The van der Waals surface area contributed by atoms with Crippen LogP contribution in [0.5, 0.6) is 0 Å². The number of aliphatic hydroxyl groups excluding tert-OH is 1. The minimum Gasteiger partial charge on any atom is -0.390 e. The van der Waals surface area contributed by atoms with E-state index in [1.54, 1.807) is 6.20 Å². The van der Waals surface area contributed by atoms with Gasteiger partial charge in [0.15, 0.2) is 0 Å². The first-order valence-corrected chi connectivity index (χ1v) is 5.00. The van der Waals surface area contributed by atoms with Crippen molar-refractivity contribution in [2.75, 3.05) is 0 Å². The van der Waals surface area contributed by atoms with E-state index in [0.29, 0.717) is 22.8 Å². The smallest absolute Gasteiger partial charge is 0.123 e. The lowest BCUT2D eigenvalue weighted by Crippen LogP contribution is -2.01. The third-order valence-corrected chi connectivity index (χ3v) is 2.46. The van der Waals surface area contributed by atoms with Crippen molar-refractivity contribution < 1.29 is 9.50 Å². The molecule has 84 valence electrons. The molecule has 0 bridgehead atoms. The highest BCUT2D eigenvalue weighted by Crippen LogP contribution is 2.17. The van der Waals surface area contributed by atoms with Crippen molar-refractivity contribution in [1.82, 2.24) is 15.0 Å². The number of hydrogen-bond acceptors (Lipinski definition) is 3. The number of hydrogen-bond donors (Lipinski definition) is 1. The number of halogens is 2. The zero-order chi connectivity index (χ0) is 11.5. The molecule has 0 saturated heterocycles. The van der Waals surface area contributed by atoms with Crippen LogP contribution in [0.1, 0.15) is 11.3 Å². The van der Waals surface area contributed by atoms with E-state index >= 15 is 0 Å². The Hall–Kier alpha value is -1.46. The van der Waals surface area contributed by atoms with Gasteiger partial charge in [0, 0.05) is 5.02 Å². The maximum Gasteiger partial charge on any atom is 0.123 e. The Balaban J connectivity index is 2.22. The van der Waals surface area contributed by atoms with Crippen LogP contribution in [-0.4, -0.2) is 20.1 Å². The molecule has 0 saturated carbocycles. The molecule has 2 rings (SSSR count). The molecule has 0 radical (unpaired) electrons. The van der Waals surface area contributed by atoms with Crippen LogP contribution in [0.25, 0.3) is 0 Å². The van der Waals surface area contributed by atoms with Crippen molar-refractivity contribution in [2.24, 2.45) is 0 Å². The molecule has 0 aliphatic carbocycles. The van der Waals surface area contributed by atoms with Gasteiger partial charge in [0.05, 0.1) is 19.3 Å². The minimum absolute atomic E-state index is 0.170. The molecule has 0 unspecified atom stereocenters. The number of aliphatic hydroxyl groups is 1. The standard InChI is InChI=1S/C10H9ClFN3O/c11-10-2-1-8(12)3-7(10)4-15-5-9(6-16)13-14-15/h1-3,5,16H,4,6H2. The molecule has 1 aromatic carbocycles. The fourth-order valence-electron chi connectivity index (χ4n) is 1.33. The van der Waals surface area contributed by atoms with Crippen molar-refractivity contribution in [1.29, 1.82) is 0 Å². The Morgan fingerprint density at radius 1 is 1.44 bits per heavy atom. The molecule has 0 atom stereocenters. The van der Waals surface area contributed by atoms with Crippen molar-refractivity contribution in [3.63, 3.8) is 0 Å². The Bertz CT molecular complexity index is 501. The summed E-state index contributed by atoms with van der Waals surface area (Å²) in [5.74, 6) is -0.345. The molecule has 1 heterocycles. The summed E-state index contributed by atoms with van der Waals surface area (Å²) >= 11 is 5.91. The van der Waals surface area contributed by atoms with Gasteiger partial charge in [-0.05, 0) is 23.8 Å². The highest BCUT2D eigenvalue weighted by atomic mass is 35.5. The summed E-state index contributed by atoms with van der Waals surface area (Å²) in [5, 5.41) is 16.8. The summed E-state index contributed by atoms with van der Waals surface area (Å²) in [7, 11) is 0. The van der Waals surface area contributed by atoms with Crippen molar-refractivity contribution in [3.05, 3.63) is 46.5 Å². The highest BCUT2D eigenvalue weighted by molar-refractivity contribution is 6.31. The van der Waals surface area contributed by atoms with Crippen LogP contribution in [-0.2, 0) is 13.2 Å². The lowest BCUT2D eigenvalue weighted by molar-refractivity contribution is 0.276. The molecule has 4 nitrogen and oxygen atoms in total. The van der Waals surface area contributed by atoms with Crippen LogP contribution in [0.4, 0.5) is 4.39 Å². The summed E-state index contributed by atoms with van der Waals surface area (Å²) in [4.78, 5) is 0. The largest absolute Gasteiger partial charge is 0.390 e.